The summed E-state index contributed by atoms with van der Waals surface area (Å²) in [6, 6.07) is -0.785. The predicted octanol–water partition coefficient (Wildman–Crippen LogP) is 0.151. The fourth-order valence-electron chi connectivity index (χ4n) is 1.60. The summed E-state index contributed by atoms with van der Waals surface area (Å²) < 4.78 is 5.06. The molecule has 3 N–H and O–H groups in total. The summed E-state index contributed by atoms with van der Waals surface area (Å²) >= 11 is 0. The molecule has 0 saturated carbocycles. The van der Waals surface area contributed by atoms with E-state index >= 15 is 0 Å². The Hall–Kier alpha value is -1.30. The van der Waals surface area contributed by atoms with Gasteiger partial charge in [0.1, 0.15) is 11.6 Å². The zero-order valence-corrected chi connectivity index (χ0v) is 10.4. The molecule has 98 valence electrons. The van der Waals surface area contributed by atoms with E-state index in [4.69, 9.17) is 9.84 Å². The minimum Gasteiger partial charge on any atom is -0.444 e. The number of carbonyl (C=O) groups excluding carboxylic acids is 2. The van der Waals surface area contributed by atoms with Crippen LogP contribution >= 0.6 is 0 Å². The van der Waals surface area contributed by atoms with Gasteiger partial charge in [-0.05, 0) is 33.6 Å². The minimum atomic E-state index is -0.597. The Bertz CT molecular complexity index is 298. The van der Waals surface area contributed by atoms with Gasteiger partial charge in [0, 0.05) is 0 Å². The van der Waals surface area contributed by atoms with E-state index in [1.807, 2.05) is 0 Å². The van der Waals surface area contributed by atoms with Gasteiger partial charge < -0.3 is 20.5 Å². The van der Waals surface area contributed by atoms with Gasteiger partial charge in [-0.3, -0.25) is 4.79 Å². The third-order valence-corrected chi connectivity index (χ3v) is 2.38. The quantitative estimate of drug-likeness (QED) is 0.645. The van der Waals surface area contributed by atoms with E-state index in [9.17, 15) is 9.59 Å². The average molecular weight is 244 g/mol. The summed E-state index contributed by atoms with van der Waals surface area (Å²) in [5, 5.41) is 14.0. The van der Waals surface area contributed by atoms with Crippen molar-refractivity contribution in [1.82, 2.24) is 10.6 Å². The molecule has 1 rings (SSSR count). The maximum absolute atomic E-state index is 11.6. The number of carbonyl (C=O) groups is 2. The Morgan fingerprint density at radius 3 is 2.65 bits per heavy atom. The fraction of sp³-hybridized carbons (Fsp3) is 0.818. The molecule has 1 saturated heterocycles. The minimum absolute atomic E-state index is 0.0785. The van der Waals surface area contributed by atoms with E-state index in [-0.39, 0.29) is 18.6 Å². The van der Waals surface area contributed by atoms with Crippen molar-refractivity contribution in [2.75, 3.05) is 6.61 Å². The number of rotatable bonds is 2. The summed E-state index contributed by atoms with van der Waals surface area (Å²) in [6.07, 6.45) is 0.555. The number of amides is 2. The molecule has 1 aliphatic heterocycles. The fourth-order valence-corrected chi connectivity index (χ4v) is 1.60. The molecule has 0 bridgehead atoms. The molecule has 1 heterocycles. The topological polar surface area (TPSA) is 87.7 Å². The van der Waals surface area contributed by atoms with Crippen molar-refractivity contribution < 1.29 is 19.4 Å². The number of hydrogen-bond donors (Lipinski definition) is 3. The van der Waals surface area contributed by atoms with E-state index in [0.717, 1.165) is 0 Å². The Morgan fingerprint density at radius 1 is 1.53 bits per heavy atom. The van der Waals surface area contributed by atoms with Crippen molar-refractivity contribution in [3.63, 3.8) is 0 Å². The lowest BCUT2D eigenvalue weighted by Crippen LogP contribution is -2.55. The molecular weight excluding hydrogens is 224 g/mol. The highest BCUT2D eigenvalue weighted by molar-refractivity contribution is 5.86. The van der Waals surface area contributed by atoms with Crippen LogP contribution in [0, 0.1) is 0 Å². The van der Waals surface area contributed by atoms with E-state index < -0.39 is 17.7 Å². The first kappa shape index (κ1) is 13.8. The van der Waals surface area contributed by atoms with Crippen LogP contribution in [0.15, 0.2) is 0 Å². The highest BCUT2D eigenvalue weighted by Crippen LogP contribution is 2.11. The highest BCUT2D eigenvalue weighted by atomic mass is 16.6. The smallest absolute Gasteiger partial charge is 0.408 e. The van der Waals surface area contributed by atoms with Crippen molar-refractivity contribution in [3.8, 4) is 0 Å². The van der Waals surface area contributed by atoms with Crippen molar-refractivity contribution in [3.05, 3.63) is 0 Å². The van der Waals surface area contributed by atoms with Crippen LogP contribution in [0.4, 0.5) is 4.79 Å². The molecule has 0 spiro atoms. The number of aliphatic hydroxyl groups excluding tert-OH is 1. The molecule has 1 fully saturated rings. The molecule has 17 heavy (non-hydrogen) atoms. The number of nitrogens with one attached hydrogen (secondary N) is 2. The largest absolute Gasteiger partial charge is 0.444 e. The first-order valence-electron chi connectivity index (χ1n) is 5.72. The second-order valence-electron chi connectivity index (χ2n) is 5.16. The molecule has 6 heteroatoms. The number of ether oxygens (including phenoxy) is 1. The summed E-state index contributed by atoms with van der Waals surface area (Å²) in [7, 11) is 0. The molecule has 0 aromatic heterocycles. The van der Waals surface area contributed by atoms with Crippen LogP contribution in [0.1, 0.15) is 33.6 Å². The predicted molar refractivity (Wildman–Crippen MR) is 61.4 cm³/mol. The van der Waals surface area contributed by atoms with Gasteiger partial charge in [-0.25, -0.2) is 4.79 Å². The second kappa shape index (κ2) is 5.35. The maximum atomic E-state index is 11.6. The van der Waals surface area contributed by atoms with Crippen LogP contribution in [0.25, 0.3) is 0 Å². The third-order valence-electron chi connectivity index (χ3n) is 2.38. The van der Waals surface area contributed by atoms with E-state index in [2.05, 4.69) is 10.6 Å². The lowest BCUT2D eigenvalue weighted by atomic mass is 10.0. The average Bonchev–Trinajstić information content (AvgIpc) is 2.18. The summed E-state index contributed by atoms with van der Waals surface area (Å²) in [5.41, 5.74) is -0.580. The van der Waals surface area contributed by atoms with E-state index in [0.29, 0.717) is 12.8 Å². The van der Waals surface area contributed by atoms with Gasteiger partial charge in [0.25, 0.3) is 0 Å². The van der Waals surface area contributed by atoms with Gasteiger partial charge in [-0.1, -0.05) is 0 Å². The van der Waals surface area contributed by atoms with Gasteiger partial charge in [-0.2, -0.15) is 0 Å². The number of aliphatic hydroxyl groups is 1. The van der Waals surface area contributed by atoms with Crippen LogP contribution in [0.3, 0.4) is 0 Å². The van der Waals surface area contributed by atoms with Crippen molar-refractivity contribution in [2.45, 2.75) is 51.3 Å². The van der Waals surface area contributed by atoms with Crippen LogP contribution in [0.2, 0.25) is 0 Å². The summed E-state index contributed by atoms with van der Waals surface area (Å²) in [4.78, 5) is 23.0. The second-order valence-corrected chi connectivity index (χ2v) is 5.16. The van der Waals surface area contributed by atoms with E-state index in [1.165, 1.54) is 0 Å². The lowest BCUT2D eigenvalue weighted by molar-refractivity contribution is -0.126. The standard InChI is InChI=1S/C11H20N2O4/c1-11(2,3)17-10(16)13-8-5-4-7(6-14)12-9(8)15/h7-8,14H,4-6H2,1-3H3,(H,12,15)(H,13,16). The highest BCUT2D eigenvalue weighted by Gasteiger charge is 2.29. The SMILES string of the molecule is CC(C)(C)OC(=O)NC1CCC(CO)NC1=O. The van der Waals surface area contributed by atoms with Crippen LogP contribution < -0.4 is 10.6 Å². The molecule has 0 aromatic carbocycles. The molecule has 2 amide bonds. The van der Waals surface area contributed by atoms with Gasteiger partial charge in [0.15, 0.2) is 0 Å². The summed E-state index contributed by atoms with van der Waals surface area (Å²) in [6.45, 7) is 5.20. The van der Waals surface area contributed by atoms with Crippen LogP contribution in [-0.4, -0.2) is 41.4 Å². The molecule has 1 aliphatic rings. The monoisotopic (exact) mass is 244 g/mol. The van der Waals surface area contributed by atoms with Gasteiger partial charge in [0.05, 0.1) is 12.6 Å². The maximum Gasteiger partial charge on any atom is 0.408 e. The molecule has 6 nitrogen and oxygen atoms in total. The molecular formula is C11H20N2O4. The normalized spacial score (nSPS) is 25.1. The van der Waals surface area contributed by atoms with Crippen molar-refractivity contribution in [2.24, 2.45) is 0 Å². The molecule has 2 unspecified atom stereocenters. The molecule has 0 aromatic rings. The van der Waals surface area contributed by atoms with Gasteiger partial charge in [0.2, 0.25) is 5.91 Å². The molecule has 0 radical (unpaired) electrons. The zero-order chi connectivity index (χ0) is 13.1. The van der Waals surface area contributed by atoms with Crippen LogP contribution in [-0.2, 0) is 9.53 Å². The van der Waals surface area contributed by atoms with Crippen molar-refractivity contribution in [1.29, 1.82) is 0 Å². The molecule has 0 aliphatic carbocycles. The summed E-state index contributed by atoms with van der Waals surface area (Å²) in [5.74, 6) is -0.277. The first-order valence-corrected chi connectivity index (χ1v) is 5.72. The van der Waals surface area contributed by atoms with E-state index in [1.54, 1.807) is 20.8 Å². The zero-order valence-electron chi connectivity index (χ0n) is 10.4. The first-order chi connectivity index (χ1) is 7.81. The Balaban J connectivity index is 2.42. The third kappa shape index (κ3) is 4.60. The number of alkyl carbamates (subject to hydrolysis) is 1. The lowest BCUT2D eigenvalue weighted by Gasteiger charge is -2.29. The molecule has 2 atom stereocenters. The van der Waals surface area contributed by atoms with Gasteiger partial charge >= 0.3 is 6.09 Å². The van der Waals surface area contributed by atoms with Gasteiger partial charge in [-0.15, -0.1) is 0 Å². The van der Waals surface area contributed by atoms with Crippen molar-refractivity contribution >= 4 is 12.0 Å². The number of hydrogen-bond acceptors (Lipinski definition) is 4. The Morgan fingerprint density at radius 2 is 2.18 bits per heavy atom. The van der Waals surface area contributed by atoms with Crippen LogP contribution in [0.5, 0.6) is 0 Å². The number of piperidine rings is 1. The Kier molecular flexibility index (Phi) is 4.34. The Labute approximate surface area is 101 Å².